The minimum atomic E-state index is 0.468. The van der Waals surface area contributed by atoms with Gasteiger partial charge in [-0.2, -0.15) is 0 Å². The van der Waals surface area contributed by atoms with Gasteiger partial charge in [0.05, 0.1) is 5.69 Å². The molecule has 1 aromatic heterocycles. The van der Waals surface area contributed by atoms with Crippen molar-refractivity contribution in [2.24, 2.45) is 0 Å². The molecule has 1 saturated heterocycles. The molecular weight excluding hydrogens is 260 g/mol. The van der Waals surface area contributed by atoms with Gasteiger partial charge in [-0.05, 0) is 36.6 Å². The highest BCUT2D eigenvalue weighted by Crippen LogP contribution is 2.21. The largest absolute Gasteiger partial charge is 0.365 e. The Kier molecular flexibility index (Phi) is 4.15. The van der Waals surface area contributed by atoms with Crippen LogP contribution in [0.2, 0.25) is 0 Å². The summed E-state index contributed by atoms with van der Waals surface area (Å²) in [6, 6.07) is 13.1. The number of hydrogen-bond acceptors (Lipinski definition) is 4. The van der Waals surface area contributed by atoms with Crippen molar-refractivity contribution in [2.45, 2.75) is 32.2 Å². The van der Waals surface area contributed by atoms with Crippen LogP contribution in [-0.2, 0) is 0 Å². The average Bonchev–Trinajstić information content (AvgIpc) is 3.01. The Morgan fingerprint density at radius 2 is 1.90 bits per heavy atom. The highest BCUT2D eigenvalue weighted by atomic mass is 15.2. The third kappa shape index (κ3) is 3.39. The summed E-state index contributed by atoms with van der Waals surface area (Å²) >= 11 is 0. The van der Waals surface area contributed by atoms with E-state index < -0.39 is 0 Å². The van der Waals surface area contributed by atoms with Crippen molar-refractivity contribution in [2.75, 3.05) is 18.4 Å². The molecular formula is C17H22N4. The van der Waals surface area contributed by atoms with Crippen LogP contribution >= 0.6 is 0 Å². The lowest BCUT2D eigenvalue weighted by Gasteiger charge is -2.11. The van der Waals surface area contributed by atoms with Crippen molar-refractivity contribution < 1.29 is 0 Å². The first-order valence-corrected chi connectivity index (χ1v) is 7.63. The average molecular weight is 282 g/mol. The molecule has 1 unspecified atom stereocenters. The standard InChI is InChI=1S/C17H22N4/c1-12(2)13-3-5-14(6-4-13)16-7-8-17(21-20-16)19-15-9-10-18-11-15/h3-8,12,15,18H,9-11H2,1-2H3,(H,19,21). The van der Waals surface area contributed by atoms with Crippen LogP contribution in [0.5, 0.6) is 0 Å². The molecule has 110 valence electrons. The maximum atomic E-state index is 4.33. The lowest BCUT2D eigenvalue weighted by atomic mass is 10.0. The third-order valence-electron chi connectivity index (χ3n) is 3.95. The van der Waals surface area contributed by atoms with Crippen LogP contribution in [-0.4, -0.2) is 29.3 Å². The van der Waals surface area contributed by atoms with Gasteiger partial charge in [0.2, 0.25) is 0 Å². The van der Waals surface area contributed by atoms with E-state index in [1.54, 1.807) is 0 Å². The van der Waals surface area contributed by atoms with Gasteiger partial charge < -0.3 is 10.6 Å². The second kappa shape index (κ2) is 6.22. The Balaban J connectivity index is 1.70. The lowest BCUT2D eigenvalue weighted by Crippen LogP contribution is -2.22. The zero-order chi connectivity index (χ0) is 14.7. The van der Waals surface area contributed by atoms with Gasteiger partial charge in [0.1, 0.15) is 5.82 Å². The first kappa shape index (κ1) is 14.0. The molecule has 21 heavy (non-hydrogen) atoms. The van der Waals surface area contributed by atoms with Gasteiger partial charge >= 0.3 is 0 Å². The monoisotopic (exact) mass is 282 g/mol. The second-order valence-corrected chi connectivity index (χ2v) is 5.91. The van der Waals surface area contributed by atoms with E-state index in [-0.39, 0.29) is 0 Å². The van der Waals surface area contributed by atoms with Crippen molar-refractivity contribution in [1.82, 2.24) is 15.5 Å². The van der Waals surface area contributed by atoms with Gasteiger partial charge in [-0.1, -0.05) is 38.1 Å². The van der Waals surface area contributed by atoms with Gasteiger partial charge in [0.25, 0.3) is 0 Å². The SMILES string of the molecule is CC(C)c1ccc(-c2ccc(NC3CCNC3)nn2)cc1. The molecule has 4 nitrogen and oxygen atoms in total. The maximum absolute atomic E-state index is 4.33. The summed E-state index contributed by atoms with van der Waals surface area (Å²) < 4.78 is 0. The fraction of sp³-hybridized carbons (Fsp3) is 0.412. The van der Waals surface area contributed by atoms with Gasteiger partial charge in [0, 0.05) is 18.2 Å². The summed E-state index contributed by atoms with van der Waals surface area (Å²) in [5.41, 5.74) is 3.38. The third-order valence-corrected chi connectivity index (χ3v) is 3.95. The van der Waals surface area contributed by atoms with Gasteiger partial charge in [-0.25, -0.2) is 0 Å². The predicted molar refractivity (Wildman–Crippen MR) is 86.5 cm³/mol. The number of nitrogens with zero attached hydrogens (tertiary/aromatic N) is 2. The summed E-state index contributed by atoms with van der Waals surface area (Å²) in [5.74, 6) is 1.41. The van der Waals surface area contributed by atoms with Gasteiger partial charge in [-0.15, -0.1) is 10.2 Å². The molecule has 0 aliphatic carbocycles. The van der Waals surface area contributed by atoms with Crippen molar-refractivity contribution >= 4 is 5.82 Å². The van der Waals surface area contributed by atoms with E-state index in [0.717, 1.165) is 36.6 Å². The fourth-order valence-electron chi connectivity index (χ4n) is 2.59. The number of aromatic nitrogens is 2. The molecule has 4 heteroatoms. The number of rotatable bonds is 4. The highest BCUT2D eigenvalue weighted by molar-refractivity contribution is 5.60. The summed E-state index contributed by atoms with van der Waals surface area (Å²) in [6.07, 6.45) is 1.14. The molecule has 2 N–H and O–H groups in total. The number of anilines is 1. The van der Waals surface area contributed by atoms with E-state index in [0.29, 0.717) is 12.0 Å². The number of hydrogen-bond donors (Lipinski definition) is 2. The molecule has 0 saturated carbocycles. The molecule has 1 aromatic carbocycles. The molecule has 0 radical (unpaired) electrons. The Morgan fingerprint density at radius 1 is 1.10 bits per heavy atom. The normalized spacial score (nSPS) is 18.1. The summed E-state index contributed by atoms with van der Waals surface area (Å²) in [4.78, 5) is 0. The number of nitrogens with one attached hydrogen (secondary N) is 2. The van der Waals surface area contributed by atoms with Crippen LogP contribution in [0.15, 0.2) is 36.4 Å². The molecule has 1 fully saturated rings. The van der Waals surface area contributed by atoms with Crippen molar-refractivity contribution in [3.05, 3.63) is 42.0 Å². The van der Waals surface area contributed by atoms with E-state index in [9.17, 15) is 0 Å². The molecule has 1 aliphatic rings. The van der Waals surface area contributed by atoms with E-state index in [4.69, 9.17) is 0 Å². The summed E-state index contributed by atoms with van der Waals surface area (Å²) in [6.45, 7) is 6.48. The highest BCUT2D eigenvalue weighted by Gasteiger charge is 2.14. The van der Waals surface area contributed by atoms with Crippen LogP contribution in [0.3, 0.4) is 0 Å². The maximum Gasteiger partial charge on any atom is 0.148 e. The molecule has 0 spiro atoms. The zero-order valence-corrected chi connectivity index (χ0v) is 12.6. The molecule has 2 aromatic rings. The fourth-order valence-corrected chi connectivity index (χ4v) is 2.59. The van der Waals surface area contributed by atoms with E-state index in [2.05, 4.69) is 58.9 Å². The van der Waals surface area contributed by atoms with Crippen LogP contribution in [0, 0.1) is 0 Å². The first-order chi connectivity index (χ1) is 10.2. The Hall–Kier alpha value is -1.94. The molecule has 0 bridgehead atoms. The zero-order valence-electron chi connectivity index (χ0n) is 12.6. The van der Waals surface area contributed by atoms with Crippen LogP contribution in [0.1, 0.15) is 31.7 Å². The molecule has 0 amide bonds. The summed E-state index contributed by atoms with van der Waals surface area (Å²) in [5, 5.41) is 15.4. The molecule has 1 aliphatic heterocycles. The topological polar surface area (TPSA) is 49.8 Å². The van der Waals surface area contributed by atoms with Crippen molar-refractivity contribution in [3.63, 3.8) is 0 Å². The van der Waals surface area contributed by atoms with E-state index in [1.807, 2.05) is 12.1 Å². The minimum Gasteiger partial charge on any atom is -0.365 e. The molecule has 3 rings (SSSR count). The molecule has 2 heterocycles. The van der Waals surface area contributed by atoms with E-state index in [1.165, 1.54) is 5.56 Å². The lowest BCUT2D eigenvalue weighted by molar-refractivity contribution is 0.783. The van der Waals surface area contributed by atoms with Crippen molar-refractivity contribution in [3.8, 4) is 11.3 Å². The second-order valence-electron chi connectivity index (χ2n) is 5.91. The van der Waals surface area contributed by atoms with Crippen LogP contribution < -0.4 is 10.6 Å². The quantitative estimate of drug-likeness (QED) is 0.905. The predicted octanol–water partition coefficient (Wildman–Crippen LogP) is 3.04. The van der Waals surface area contributed by atoms with Crippen LogP contribution in [0.25, 0.3) is 11.3 Å². The minimum absolute atomic E-state index is 0.468. The number of benzene rings is 1. The Bertz CT molecular complexity index is 569. The Morgan fingerprint density at radius 3 is 2.48 bits per heavy atom. The van der Waals surface area contributed by atoms with Crippen LogP contribution in [0.4, 0.5) is 5.82 Å². The van der Waals surface area contributed by atoms with Gasteiger partial charge in [-0.3, -0.25) is 0 Å². The molecule has 1 atom stereocenters. The summed E-state index contributed by atoms with van der Waals surface area (Å²) in [7, 11) is 0. The van der Waals surface area contributed by atoms with Gasteiger partial charge in [0.15, 0.2) is 0 Å². The Labute approximate surface area is 126 Å². The first-order valence-electron chi connectivity index (χ1n) is 7.63. The van der Waals surface area contributed by atoms with Crippen molar-refractivity contribution in [1.29, 1.82) is 0 Å². The smallest absolute Gasteiger partial charge is 0.148 e. The van der Waals surface area contributed by atoms with E-state index >= 15 is 0 Å².